The van der Waals surface area contributed by atoms with Crippen molar-refractivity contribution in [3.63, 3.8) is 0 Å². The lowest BCUT2D eigenvalue weighted by Gasteiger charge is -2.30. The van der Waals surface area contributed by atoms with Gasteiger partial charge in [-0.2, -0.15) is 0 Å². The smallest absolute Gasteiger partial charge is 0.310 e. The minimum atomic E-state index is -0.376. The first kappa shape index (κ1) is 19.1. The Hall–Kier alpha value is -1.89. The zero-order valence-corrected chi connectivity index (χ0v) is 17.9. The number of ether oxygens (including phenoxy) is 1. The maximum Gasteiger partial charge on any atom is 0.310 e. The second-order valence-electron chi connectivity index (χ2n) is 9.01. The van der Waals surface area contributed by atoms with Gasteiger partial charge in [0.15, 0.2) is 0 Å². The van der Waals surface area contributed by atoms with E-state index in [1.165, 1.54) is 0 Å². The van der Waals surface area contributed by atoms with Gasteiger partial charge >= 0.3 is 5.97 Å². The van der Waals surface area contributed by atoms with Crippen molar-refractivity contribution in [1.29, 1.82) is 0 Å². The number of fused-ring (bicyclic) bond motifs is 1. The predicted octanol–water partition coefficient (Wildman–Crippen LogP) is 3.07. The highest BCUT2D eigenvalue weighted by molar-refractivity contribution is 9.09. The first-order chi connectivity index (χ1) is 13.9. The van der Waals surface area contributed by atoms with Gasteiger partial charge in [0.05, 0.1) is 16.7 Å². The molecule has 7 heteroatoms. The Kier molecular flexibility index (Phi) is 4.68. The Labute approximate surface area is 178 Å². The average molecular weight is 461 g/mol. The summed E-state index contributed by atoms with van der Waals surface area (Å²) in [5.74, 6) is -0.183. The van der Waals surface area contributed by atoms with Gasteiger partial charge in [-0.25, -0.2) is 0 Å². The first-order valence-corrected chi connectivity index (χ1v) is 11.4. The number of carbonyl (C=O) groups excluding carboxylic acids is 3. The number of rotatable bonds is 3. The fraction of sp³-hybridized carbons (Fsp3) is 0.591. The molecular weight excluding hydrogens is 436 g/mol. The number of piperidine rings is 1. The molecular formula is C22H25BrN2O4. The second-order valence-corrected chi connectivity index (χ2v) is 10.1. The van der Waals surface area contributed by atoms with Crippen LogP contribution in [-0.4, -0.2) is 46.7 Å². The number of benzene rings is 1. The monoisotopic (exact) mass is 460 g/mol. The summed E-state index contributed by atoms with van der Waals surface area (Å²) in [5.41, 5.74) is 1.19. The van der Waals surface area contributed by atoms with E-state index in [0.717, 1.165) is 32.4 Å². The zero-order chi connectivity index (χ0) is 20.3. The molecule has 1 aromatic rings. The molecule has 4 fully saturated rings. The third-order valence-electron chi connectivity index (χ3n) is 7.27. The number of nitrogens with zero attached hydrogens (tertiary/aromatic N) is 1. The topological polar surface area (TPSA) is 75.7 Å². The Morgan fingerprint density at radius 1 is 1.21 bits per heavy atom. The molecule has 2 heterocycles. The van der Waals surface area contributed by atoms with Crippen molar-refractivity contribution >= 4 is 39.4 Å². The van der Waals surface area contributed by atoms with Gasteiger partial charge in [-0.05, 0) is 49.3 Å². The molecule has 0 unspecified atom stereocenters. The Morgan fingerprint density at radius 2 is 1.97 bits per heavy atom. The summed E-state index contributed by atoms with van der Waals surface area (Å²) < 4.78 is 5.49. The molecule has 2 saturated heterocycles. The standard InChI is InChI=1S/C22H25BrN2O4/c1-11-5-7-25(8-6-11)21(27)12-3-2-4-13(9-12)24-20(26)16-14-10-15-17(16)22(28)29-19(15)18(14)23/h2-4,9,11,14-19H,5-8,10H2,1H3,(H,24,26)/t14-,15-,16-,17+,18-,19+/m1/s1. The van der Waals surface area contributed by atoms with Crippen molar-refractivity contribution in [2.24, 2.45) is 29.6 Å². The lowest BCUT2D eigenvalue weighted by Crippen LogP contribution is -2.40. The van der Waals surface area contributed by atoms with Crippen LogP contribution in [0.4, 0.5) is 5.69 Å². The lowest BCUT2D eigenvalue weighted by atomic mass is 9.79. The molecule has 6 nitrogen and oxygen atoms in total. The van der Waals surface area contributed by atoms with Gasteiger partial charge in [0.1, 0.15) is 6.10 Å². The van der Waals surface area contributed by atoms with E-state index in [-0.39, 0.29) is 52.4 Å². The van der Waals surface area contributed by atoms with E-state index < -0.39 is 0 Å². The number of esters is 1. The normalized spacial score (nSPS) is 35.7. The summed E-state index contributed by atoms with van der Waals surface area (Å²) in [6, 6.07) is 7.12. The van der Waals surface area contributed by atoms with Gasteiger partial charge in [-0.3, -0.25) is 14.4 Å². The molecule has 2 saturated carbocycles. The van der Waals surface area contributed by atoms with Crippen LogP contribution < -0.4 is 5.32 Å². The van der Waals surface area contributed by atoms with Crippen LogP contribution >= 0.6 is 15.9 Å². The molecule has 0 radical (unpaired) electrons. The molecule has 2 amide bonds. The number of hydrogen-bond donors (Lipinski definition) is 1. The number of amides is 2. The SMILES string of the molecule is CC1CCN(C(=O)c2cccc(NC(=O)[C@@H]3[C@H]4C[C@H]5[C@H](OC(=O)[C@@H]53)[C@@H]4Br)c2)CC1. The van der Waals surface area contributed by atoms with E-state index in [0.29, 0.717) is 17.2 Å². The highest BCUT2D eigenvalue weighted by Gasteiger charge is 2.67. The van der Waals surface area contributed by atoms with Crippen LogP contribution in [0.15, 0.2) is 24.3 Å². The lowest BCUT2D eigenvalue weighted by molar-refractivity contribution is -0.145. The molecule has 1 N–H and O–H groups in total. The van der Waals surface area contributed by atoms with Gasteiger partial charge in [0.25, 0.3) is 5.91 Å². The molecule has 2 aliphatic heterocycles. The van der Waals surface area contributed by atoms with Crippen LogP contribution in [0.3, 0.4) is 0 Å². The highest BCUT2D eigenvalue weighted by Crippen LogP contribution is 2.60. The van der Waals surface area contributed by atoms with Crippen LogP contribution in [0, 0.1) is 29.6 Å². The Balaban J connectivity index is 1.30. The number of hydrogen-bond acceptors (Lipinski definition) is 4. The number of carbonyl (C=O) groups is 3. The van der Waals surface area contributed by atoms with Crippen LogP contribution in [0.1, 0.15) is 36.5 Å². The van der Waals surface area contributed by atoms with Crippen LogP contribution in [-0.2, 0) is 14.3 Å². The van der Waals surface area contributed by atoms with E-state index in [9.17, 15) is 14.4 Å². The van der Waals surface area contributed by atoms with Crippen LogP contribution in [0.5, 0.6) is 0 Å². The molecule has 0 aromatic heterocycles. The predicted molar refractivity (Wildman–Crippen MR) is 111 cm³/mol. The summed E-state index contributed by atoms with van der Waals surface area (Å²) in [5, 5.41) is 2.96. The summed E-state index contributed by atoms with van der Waals surface area (Å²) in [6.45, 7) is 3.77. The summed E-state index contributed by atoms with van der Waals surface area (Å²) in [4.78, 5) is 40.1. The molecule has 5 rings (SSSR count). The van der Waals surface area contributed by atoms with E-state index in [2.05, 4.69) is 28.2 Å². The summed E-state index contributed by atoms with van der Waals surface area (Å²) in [7, 11) is 0. The zero-order valence-electron chi connectivity index (χ0n) is 16.3. The fourth-order valence-corrected chi connectivity index (χ4v) is 6.72. The molecule has 0 spiro atoms. The van der Waals surface area contributed by atoms with Gasteiger partial charge < -0.3 is 15.0 Å². The molecule has 6 atom stereocenters. The Bertz CT molecular complexity index is 866. The number of likely N-dealkylation sites (tertiary alicyclic amines) is 1. The fourth-order valence-electron chi connectivity index (χ4n) is 5.68. The van der Waals surface area contributed by atoms with Crippen molar-refractivity contribution in [3.05, 3.63) is 29.8 Å². The van der Waals surface area contributed by atoms with Crippen molar-refractivity contribution in [2.45, 2.75) is 37.1 Å². The third-order valence-corrected chi connectivity index (χ3v) is 8.47. The maximum absolute atomic E-state index is 13.1. The Morgan fingerprint density at radius 3 is 2.72 bits per heavy atom. The van der Waals surface area contributed by atoms with E-state index in [1.807, 2.05) is 4.90 Å². The summed E-state index contributed by atoms with van der Waals surface area (Å²) in [6.07, 6.45) is 2.81. The van der Waals surface area contributed by atoms with Crippen molar-refractivity contribution in [2.75, 3.05) is 18.4 Å². The number of anilines is 1. The van der Waals surface area contributed by atoms with Gasteiger partial charge in [0, 0.05) is 30.3 Å². The third kappa shape index (κ3) is 3.09. The molecule has 1 aromatic carbocycles. The van der Waals surface area contributed by atoms with Crippen molar-refractivity contribution in [3.8, 4) is 0 Å². The van der Waals surface area contributed by atoms with Gasteiger partial charge in [0.2, 0.25) is 5.91 Å². The molecule has 2 bridgehead atoms. The van der Waals surface area contributed by atoms with E-state index in [4.69, 9.17) is 4.74 Å². The minimum absolute atomic E-state index is 0.00987. The van der Waals surface area contributed by atoms with Gasteiger partial charge in [-0.1, -0.05) is 28.9 Å². The average Bonchev–Trinajstić information content (AvgIpc) is 3.32. The van der Waals surface area contributed by atoms with Gasteiger partial charge in [-0.15, -0.1) is 0 Å². The van der Waals surface area contributed by atoms with Crippen molar-refractivity contribution in [1.82, 2.24) is 4.90 Å². The van der Waals surface area contributed by atoms with Crippen LogP contribution in [0.2, 0.25) is 0 Å². The number of alkyl halides is 1. The molecule has 2 aliphatic carbocycles. The quantitative estimate of drug-likeness (QED) is 0.555. The largest absolute Gasteiger partial charge is 0.461 e. The number of nitrogens with one attached hydrogen (secondary N) is 1. The summed E-state index contributed by atoms with van der Waals surface area (Å²) >= 11 is 3.64. The van der Waals surface area contributed by atoms with Crippen molar-refractivity contribution < 1.29 is 19.1 Å². The van der Waals surface area contributed by atoms with E-state index in [1.54, 1.807) is 24.3 Å². The molecule has 4 aliphatic rings. The first-order valence-electron chi connectivity index (χ1n) is 10.5. The maximum atomic E-state index is 13.1. The molecule has 29 heavy (non-hydrogen) atoms. The highest BCUT2D eigenvalue weighted by atomic mass is 79.9. The molecule has 154 valence electrons. The minimum Gasteiger partial charge on any atom is -0.461 e. The van der Waals surface area contributed by atoms with Crippen LogP contribution in [0.25, 0.3) is 0 Å². The van der Waals surface area contributed by atoms with E-state index >= 15 is 0 Å². The second kappa shape index (κ2) is 7.11. The number of halogens is 1.